The minimum absolute atomic E-state index is 0.123. The van der Waals surface area contributed by atoms with E-state index in [1.54, 1.807) is 6.92 Å². The first-order valence-corrected chi connectivity index (χ1v) is 3.78. The SMILES string of the molecule is Cc1ncoc1-c1nc(C(=O)O)co1. The van der Waals surface area contributed by atoms with Gasteiger partial charge < -0.3 is 13.9 Å². The van der Waals surface area contributed by atoms with Crippen molar-refractivity contribution < 1.29 is 18.7 Å². The summed E-state index contributed by atoms with van der Waals surface area (Å²) < 4.78 is 9.91. The molecule has 0 spiro atoms. The van der Waals surface area contributed by atoms with Crippen LogP contribution in [0.5, 0.6) is 0 Å². The highest BCUT2D eigenvalue weighted by Gasteiger charge is 2.16. The lowest BCUT2D eigenvalue weighted by Gasteiger charge is -1.87. The summed E-state index contributed by atoms with van der Waals surface area (Å²) in [5.41, 5.74) is 0.444. The maximum atomic E-state index is 10.5. The molecule has 0 fully saturated rings. The Hall–Kier alpha value is -2.11. The van der Waals surface area contributed by atoms with Crippen molar-refractivity contribution in [3.8, 4) is 11.7 Å². The van der Waals surface area contributed by atoms with Gasteiger partial charge in [-0.05, 0) is 6.92 Å². The number of aromatic carboxylic acids is 1. The number of nitrogens with zero attached hydrogens (tertiary/aromatic N) is 2. The van der Waals surface area contributed by atoms with Crippen LogP contribution in [0.1, 0.15) is 16.2 Å². The van der Waals surface area contributed by atoms with Gasteiger partial charge >= 0.3 is 5.97 Å². The van der Waals surface area contributed by atoms with E-state index in [2.05, 4.69) is 9.97 Å². The van der Waals surface area contributed by atoms with Crippen LogP contribution in [0.2, 0.25) is 0 Å². The summed E-state index contributed by atoms with van der Waals surface area (Å²) in [5, 5.41) is 8.60. The molecule has 0 aromatic carbocycles. The lowest BCUT2D eigenvalue weighted by atomic mass is 10.4. The van der Waals surface area contributed by atoms with Gasteiger partial charge in [-0.1, -0.05) is 0 Å². The van der Waals surface area contributed by atoms with Gasteiger partial charge in [0.1, 0.15) is 6.26 Å². The van der Waals surface area contributed by atoms with Crippen LogP contribution < -0.4 is 0 Å². The number of aryl methyl sites for hydroxylation is 1. The van der Waals surface area contributed by atoms with Gasteiger partial charge in [0, 0.05) is 0 Å². The van der Waals surface area contributed by atoms with Crippen LogP contribution in [-0.2, 0) is 0 Å². The third-order valence-electron chi connectivity index (χ3n) is 1.66. The fraction of sp³-hybridized carbons (Fsp3) is 0.125. The lowest BCUT2D eigenvalue weighted by molar-refractivity contribution is 0.0690. The highest BCUT2D eigenvalue weighted by molar-refractivity contribution is 5.85. The Balaban J connectivity index is 2.43. The summed E-state index contributed by atoms with van der Waals surface area (Å²) in [6, 6.07) is 0. The van der Waals surface area contributed by atoms with Crippen LogP contribution in [0.3, 0.4) is 0 Å². The number of hydrogen-bond acceptors (Lipinski definition) is 5. The van der Waals surface area contributed by atoms with Crippen molar-refractivity contribution in [2.75, 3.05) is 0 Å². The van der Waals surface area contributed by atoms with E-state index >= 15 is 0 Å². The van der Waals surface area contributed by atoms with Crippen molar-refractivity contribution in [1.82, 2.24) is 9.97 Å². The molecule has 0 unspecified atom stereocenters. The fourth-order valence-electron chi connectivity index (χ4n) is 0.983. The molecule has 0 saturated carbocycles. The zero-order chi connectivity index (χ0) is 10.1. The molecule has 1 N–H and O–H groups in total. The Morgan fingerprint density at radius 1 is 1.50 bits per heavy atom. The van der Waals surface area contributed by atoms with Crippen molar-refractivity contribution in [3.05, 3.63) is 24.0 Å². The Kier molecular flexibility index (Phi) is 1.81. The Morgan fingerprint density at radius 3 is 2.79 bits per heavy atom. The fourth-order valence-corrected chi connectivity index (χ4v) is 0.983. The normalized spacial score (nSPS) is 10.4. The summed E-state index contributed by atoms with van der Waals surface area (Å²) in [6.45, 7) is 1.71. The van der Waals surface area contributed by atoms with Crippen molar-refractivity contribution >= 4 is 5.97 Å². The average Bonchev–Trinajstić information content (AvgIpc) is 2.71. The summed E-state index contributed by atoms with van der Waals surface area (Å²) >= 11 is 0. The van der Waals surface area contributed by atoms with Gasteiger partial charge in [-0.25, -0.2) is 9.78 Å². The number of carboxylic acids is 1. The largest absolute Gasteiger partial charge is 0.476 e. The molecular weight excluding hydrogens is 188 g/mol. The number of hydrogen-bond donors (Lipinski definition) is 1. The van der Waals surface area contributed by atoms with Gasteiger partial charge in [-0.3, -0.25) is 0 Å². The zero-order valence-electron chi connectivity index (χ0n) is 7.22. The van der Waals surface area contributed by atoms with E-state index in [4.69, 9.17) is 13.9 Å². The molecule has 0 bridgehead atoms. The molecule has 0 aliphatic carbocycles. The highest BCUT2D eigenvalue weighted by atomic mass is 16.4. The Morgan fingerprint density at radius 2 is 2.29 bits per heavy atom. The third kappa shape index (κ3) is 1.26. The van der Waals surface area contributed by atoms with Gasteiger partial charge in [-0.15, -0.1) is 0 Å². The first kappa shape index (κ1) is 8.49. The molecule has 2 heterocycles. The molecule has 72 valence electrons. The molecule has 0 saturated heterocycles. The number of carboxylic acid groups (broad SMARTS) is 1. The van der Waals surface area contributed by atoms with Gasteiger partial charge in [0.25, 0.3) is 5.89 Å². The Labute approximate surface area is 78.2 Å². The number of oxazole rings is 2. The maximum Gasteiger partial charge on any atom is 0.357 e. The molecule has 2 aromatic heterocycles. The van der Waals surface area contributed by atoms with Gasteiger partial charge in [0.15, 0.2) is 12.1 Å². The highest BCUT2D eigenvalue weighted by Crippen LogP contribution is 2.21. The van der Waals surface area contributed by atoms with Crippen LogP contribution in [0, 0.1) is 6.92 Å². The monoisotopic (exact) mass is 194 g/mol. The predicted molar refractivity (Wildman–Crippen MR) is 43.7 cm³/mol. The molecule has 0 atom stereocenters. The van der Waals surface area contributed by atoms with E-state index in [0.717, 1.165) is 6.26 Å². The zero-order valence-corrected chi connectivity index (χ0v) is 7.22. The first-order valence-electron chi connectivity index (χ1n) is 3.78. The number of rotatable bonds is 2. The van der Waals surface area contributed by atoms with Crippen LogP contribution >= 0.6 is 0 Å². The quantitative estimate of drug-likeness (QED) is 0.775. The van der Waals surface area contributed by atoms with Crippen LogP contribution in [0.4, 0.5) is 0 Å². The van der Waals surface area contributed by atoms with Crippen molar-refractivity contribution in [2.45, 2.75) is 6.92 Å². The number of aromatic nitrogens is 2. The summed E-state index contributed by atoms with van der Waals surface area (Å²) in [7, 11) is 0. The van der Waals surface area contributed by atoms with Crippen LogP contribution in [0.25, 0.3) is 11.7 Å². The molecular formula is C8H6N2O4. The lowest BCUT2D eigenvalue weighted by Crippen LogP contribution is -1.95. The second-order valence-corrected chi connectivity index (χ2v) is 2.61. The second kappa shape index (κ2) is 2.99. The average molecular weight is 194 g/mol. The van der Waals surface area contributed by atoms with E-state index in [9.17, 15) is 4.79 Å². The van der Waals surface area contributed by atoms with E-state index in [1.165, 1.54) is 6.39 Å². The van der Waals surface area contributed by atoms with Crippen LogP contribution in [-0.4, -0.2) is 21.0 Å². The smallest absolute Gasteiger partial charge is 0.357 e. The molecule has 0 amide bonds. The third-order valence-corrected chi connectivity index (χ3v) is 1.66. The van der Waals surface area contributed by atoms with Crippen molar-refractivity contribution in [2.24, 2.45) is 0 Å². The van der Waals surface area contributed by atoms with Gasteiger partial charge in [-0.2, -0.15) is 4.98 Å². The van der Waals surface area contributed by atoms with Gasteiger partial charge in [0.05, 0.1) is 5.69 Å². The molecule has 0 aliphatic heterocycles. The van der Waals surface area contributed by atoms with E-state index in [1.807, 2.05) is 0 Å². The molecule has 6 heteroatoms. The van der Waals surface area contributed by atoms with Crippen LogP contribution in [0.15, 0.2) is 21.5 Å². The second-order valence-electron chi connectivity index (χ2n) is 2.61. The van der Waals surface area contributed by atoms with E-state index < -0.39 is 5.97 Å². The van der Waals surface area contributed by atoms with E-state index in [0.29, 0.717) is 11.5 Å². The standard InChI is InChI=1S/C8H6N2O4/c1-4-6(14-3-9-4)7-10-5(2-13-7)8(11)12/h2-3H,1H3,(H,11,12). The Bertz CT molecular complexity index is 471. The molecule has 0 radical (unpaired) electrons. The number of carbonyl (C=O) groups is 1. The molecule has 6 nitrogen and oxygen atoms in total. The van der Waals surface area contributed by atoms with Crippen molar-refractivity contribution in [1.29, 1.82) is 0 Å². The first-order chi connectivity index (χ1) is 6.68. The minimum Gasteiger partial charge on any atom is -0.476 e. The topological polar surface area (TPSA) is 89.4 Å². The molecule has 14 heavy (non-hydrogen) atoms. The molecule has 2 aromatic rings. The molecule has 2 rings (SSSR count). The summed E-state index contributed by atoms with van der Waals surface area (Å²) in [4.78, 5) is 18.0. The van der Waals surface area contributed by atoms with E-state index in [-0.39, 0.29) is 11.6 Å². The summed E-state index contributed by atoms with van der Waals surface area (Å²) in [5.74, 6) is -0.674. The molecule has 0 aliphatic rings. The predicted octanol–water partition coefficient (Wildman–Crippen LogP) is 1.34. The van der Waals surface area contributed by atoms with Crippen molar-refractivity contribution in [3.63, 3.8) is 0 Å². The minimum atomic E-state index is -1.14. The van der Waals surface area contributed by atoms with Gasteiger partial charge in [0.2, 0.25) is 5.76 Å². The summed E-state index contributed by atoms with van der Waals surface area (Å²) in [6.07, 6.45) is 2.30. The maximum absolute atomic E-state index is 10.5.